The number of piperidine rings is 1. The maximum atomic E-state index is 13.3. The Hall–Kier alpha value is -2.84. The van der Waals surface area contributed by atoms with Crippen molar-refractivity contribution in [2.24, 2.45) is 0 Å². The SMILES string of the molecule is CC(=O)N1CCC(c2cc(-c3cnc4[nH]cc(C(F)(F)F)c4c3)nn2C(C)C)CC1. The third kappa shape index (κ3) is 3.68. The Kier molecular flexibility index (Phi) is 5.07. The molecule has 1 N–H and O–H groups in total. The topological polar surface area (TPSA) is 66.8 Å². The molecule has 1 aliphatic rings. The smallest absolute Gasteiger partial charge is 0.346 e. The molecule has 3 aromatic heterocycles. The highest BCUT2D eigenvalue weighted by Gasteiger charge is 2.34. The first-order valence-corrected chi connectivity index (χ1v) is 10.0. The number of rotatable bonds is 3. The van der Waals surface area contributed by atoms with E-state index in [1.54, 1.807) is 13.1 Å². The van der Waals surface area contributed by atoms with Crippen molar-refractivity contribution >= 4 is 16.9 Å². The van der Waals surface area contributed by atoms with E-state index in [0.29, 0.717) is 24.3 Å². The van der Waals surface area contributed by atoms with Crippen LogP contribution >= 0.6 is 0 Å². The van der Waals surface area contributed by atoms with Gasteiger partial charge in [0.1, 0.15) is 5.65 Å². The summed E-state index contributed by atoms with van der Waals surface area (Å²) in [5, 5.41) is 4.73. The molecule has 0 unspecified atom stereocenters. The number of carbonyl (C=O) groups is 1. The molecule has 30 heavy (non-hydrogen) atoms. The van der Waals surface area contributed by atoms with E-state index in [-0.39, 0.29) is 28.9 Å². The number of H-pyrrole nitrogens is 1. The summed E-state index contributed by atoms with van der Waals surface area (Å²) in [7, 11) is 0. The summed E-state index contributed by atoms with van der Waals surface area (Å²) in [4.78, 5) is 20.2. The van der Waals surface area contributed by atoms with Gasteiger partial charge < -0.3 is 9.88 Å². The molecule has 0 bridgehead atoms. The van der Waals surface area contributed by atoms with Crippen molar-refractivity contribution in [1.82, 2.24) is 24.6 Å². The highest BCUT2D eigenvalue weighted by Crippen LogP contribution is 2.37. The van der Waals surface area contributed by atoms with Crippen LogP contribution in [-0.4, -0.2) is 43.6 Å². The van der Waals surface area contributed by atoms with Gasteiger partial charge in [-0.3, -0.25) is 9.48 Å². The lowest BCUT2D eigenvalue weighted by Gasteiger charge is -2.31. The lowest BCUT2D eigenvalue weighted by Crippen LogP contribution is -2.36. The van der Waals surface area contributed by atoms with Gasteiger partial charge in [-0.05, 0) is 38.8 Å². The average Bonchev–Trinajstić information content (AvgIpc) is 3.32. The van der Waals surface area contributed by atoms with Gasteiger partial charge in [0.2, 0.25) is 5.91 Å². The van der Waals surface area contributed by atoms with E-state index in [1.165, 1.54) is 6.07 Å². The van der Waals surface area contributed by atoms with Crippen LogP contribution in [0.25, 0.3) is 22.3 Å². The number of carbonyl (C=O) groups excluding carboxylic acids is 1. The Labute approximate surface area is 172 Å². The monoisotopic (exact) mass is 419 g/mol. The number of amides is 1. The van der Waals surface area contributed by atoms with Crippen molar-refractivity contribution in [2.75, 3.05) is 13.1 Å². The predicted molar refractivity (Wildman–Crippen MR) is 107 cm³/mol. The summed E-state index contributed by atoms with van der Waals surface area (Å²) in [5.74, 6) is 0.330. The van der Waals surface area contributed by atoms with E-state index < -0.39 is 11.7 Å². The summed E-state index contributed by atoms with van der Waals surface area (Å²) < 4.78 is 41.8. The lowest BCUT2D eigenvalue weighted by molar-refractivity contribution is -0.136. The number of nitrogens with one attached hydrogen (secondary N) is 1. The van der Waals surface area contributed by atoms with Gasteiger partial charge in [-0.1, -0.05) is 0 Å². The number of hydrogen-bond donors (Lipinski definition) is 1. The van der Waals surface area contributed by atoms with Crippen LogP contribution in [0.5, 0.6) is 0 Å². The molecule has 0 radical (unpaired) electrons. The molecule has 3 aromatic rings. The van der Waals surface area contributed by atoms with Crippen LogP contribution in [0, 0.1) is 0 Å². The molecular formula is C21H24F3N5O. The van der Waals surface area contributed by atoms with Crippen molar-refractivity contribution < 1.29 is 18.0 Å². The molecule has 0 aliphatic carbocycles. The molecule has 1 fully saturated rings. The van der Waals surface area contributed by atoms with E-state index in [1.807, 2.05) is 29.5 Å². The number of hydrogen-bond acceptors (Lipinski definition) is 3. The van der Waals surface area contributed by atoms with E-state index >= 15 is 0 Å². The van der Waals surface area contributed by atoms with Crippen molar-refractivity contribution in [2.45, 2.75) is 51.7 Å². The Bertz CT molecular complexity index is 1070. The van der Waals surface area contributed by atoms with Crippen LogP contribution in [-0.2, 0) is 11.0 Å². The fourth-order valence-electron chi connectivity index (χ4n) is 4.14. The summed E-state index contributed by atoms with van der Waals surface area (Å²) in [6.45, 7) is 7.03. The van der Waals surface area contributed by atoms with Crippen LogP contribution in [0.15, 0.2) is 24.5 Å². The van der Waals surface area contributed by atoms with Gasteiger partial charge in [0.25, 0.3) is 0 Å². The standard InChI is InChI=1S/C21H24F3N5O/c1-12(2)29-19(14-4-6-28(7-5-14)13(3)30)9-18(27-29)15-8-16-17(21(22,23)24)11-26-20(16)25-10-15/h8-12,14H,4-7H2,1-3H3,(H,25,26). The molecule has 0 spiro atoms. The molecule has 6 nitrogen and oxygen atoms in total. The second kappa shape index (κ2) is 7.45. The number of aromatic nitrogens is 4. The Morgan fingerprint density at radius 2 is 1.93 bits per heavy atom. The van der Waals surface area contributed by atoms with Crippen molar-refractivity contribution in [3.8, 4) is 11.3 Å². The van der Waals surface area contributed by atoms with Gasteiger partial charge in [-0.25, -0.2) is 4.98 Å². The molecule has 0 atom stereocenters. The normalized spacial score (nSPS) is 16.0. The summed E-state index contributed by atoms with van der Waals surface area (Å²) in [6.07, 6.45) is -0.280. The molecule has 1 aliphatic heterocycles. The molecule has 160 valence electrons. The molecular weight excluding hydrogens is 395 g/mol. The van der Waals surface area contributed by atoms with Crippen molar-refractivity contribution in [1.29, 1.82) is 0 Å². The third-order valence-corrected chi connectivity index (χ3v) is 5.74. The maximum Gasteiger partial charge on any atom is 0.418 e. The highest BCUT2D eigenvalue weighted by atomic mass is 19.4. The zero-order valence-electron chi connectivity index (χ0n) is 17.1. The number of pyridine rings is 1. The number of halogens is 3. The fourth-order valence-corrected chi connectivity index (χ4v) is 4.14. The minimum atomic E-state index is -4.45. The number of likely N-dealkylation sites (tertiary alicyclic amines) is 1. The molecule has 4 rings (SSSR count). The number of aromatic amines is 1. The molecule has 4 heterocycles. The van der Waals surface area contributed by atoms with Crippen LogP contribution in [0.2, 0.25) is 0 Å². The van der Waals surface area contributed by atoms with Gasteiger partial charge >= 0.3 is 6.18 Å². The Morgan fingerprint density at radius 3 is 2.53 bits per heavy atom. The van der Waals surface area contributed by atoms with Crippen LogP contribution in [0.3, 0.4) is 0 Å². The van der Waals surface area contributed by atoms with Gasteiger partial charge in [0.15, 0.2) is 0 Å². The first-order chi connectivity index (χ1) is 14.1. The number of alkyl halides is 3. The Balaban J connectivity index is 1.70. The maximum absolute atomic E-state index is 13.3. The predicted octanol–water partition coefficient (Wildman–Crippen LogP) is 4.75. The number of nitrogens with zero attached hydrogens (tertiary/aromatic N) is 4. The molecule has 9 heteroatoms. The minimum Gasteiger partial charge on any atom is -0.346 e. The molecule has 1 amide bonds. The van der Waals surface area contributed by atoms with Gasteiger partial charge in [0.05, 0.1) is 11.3 Å². The van der Waals surface area contributed by atoms with E-state index in [9.17, 15) is 18.0 Å². The first kappa shape index (κ1) is 20.4. The fraction of sp³-hybridized carbons (Fsp3) is 0.476. The molecule has 0 aromatic carbocycles. The second-order valence-corrected chi connectivity index (χ2v) is 8.09. The molecule has 0 saturated carbocycles. The van der Waals surface area contributed by atoms with E-state index in [2.05, 4.69) is 9.97 Å². The van der Waals surface area contributed by atoms with Gasteiger partial charge in [-0.15, -0.1) is 0 Å². The quantitative estimate of drug-likeness (QED) is 0.666. The zero-order chi connectivity index (χ0) is 21.6. The Morgan fingerprint density at radius 1 is 1.23 bits per heavy atom. The first-order valence-electron chi connectivity index (χ1n) is 10.0. The average molecular weight is 419 g/mol. The largest absolute Gasteiger partial charge is 0.418 e. The van der Waals surface area contributed by atoms with Gasteiger partial charge in [0, 0.05) is 61.0 Å². The summed E-state index contributed by atoms with van der Waals surface area (Å²) in [5.41, 5.74) is 1.68. The van der Waals surface area contributed by atoms with Crippen molar-refractivity contribution in [3.63, 3.8) is 0 Å². The zero-order valence-corrected chi connectivity index (χ0v) is 17.1. The second-order valence-electron chi connectivity index (χ2n) is 8.09. The van der Waals surface area contributed by atoms with Gasteiger partial charge in [-0.2, -0.15) is 18.3 Å². The number of fused-ring (bicyclic) bond motifs is 1. The van der Waals surface area contributed by atoms with Crippen LogP contribution in [0.4, 0.5) is 13.2 Å². The third-order valence-electron chi connectivity index (χ3n) is 5.74. The lowest BCUT2D eigenvalue weighted by atomic mass is 9.92. The highest BCUT2D eigenvalue weighted by molar-refractivity contribution is 5.84. The molecule has 1 saturated heterocycles. The minimum absolute atomic E-state index is 0.0374. The summed E-state index contributed by atoms with van der Waals surface area (Å²) in [6, 6.07) is 3.56. The summed E-state index contributed by atoms with van der Waals surface area (Å²) >= 11 is 0. The van der Waals surface area contributed by atoms with Crippen molar-refractivity contribution in [3.05, 3.63) is 35.8 Å². The van der Waals surface area contributed by atoms with Crippen LogP contribution < -0.4 is 0 Å². The van der Waals surface area contributed by atoms with Crippen LogP contribution in [0.1, 0.15) is 56.8 Å². The van der Waals surface area contributed by atoms with E-state index in [0.717, 1.165) is 24.7 Å². The van der Waals surface area contributed by atoms with E-state index in [4.69, 9.17) is 5.10 Å².